The van der Waals surface area contributed by atoms with Gasteiger partial charge in [0.2, 0.25) is 0 Å². The van der Waals surface area contributed by atoms with E-state index in [2.05, 4.69) is 47.8 Å². The van der Waals surface area contributed by atoms with E-state index in [1.807, 2.05) is 0 Å². The molecule has 0 heterocycles. The van der Waals surface area contributed by atoms with Crippen molar-refractivity contribution in [1.82, 2.24) is 0 Å². The Balaban J connectivity index is 0.000000231. The average molecular weight is 518 g/mol. The summed E-state index contributed by atoms with van der Waals surface area (Å²) in [6.07, 6.45) is -0.245. The molecular weight excluding hydrogens is 510 g/mol. The number of rotatable bonds is 2. The molecule has 0 unspecified atom stereocenters. The Morgan fingerprint density at radius 1 is 0.783 bits per heavy atom. The minimum absolute atomic E-state index is 0.0631. The van der Waals surface area contributed by atoms with Gasteiger partial charge in [-0.2, -0.15) is 5.26 Å². The van der Waals surface area contributed by atoms with Gasteiger partial charge >= 0.3 is 0 Å². The van der Waals surface area contributed by atoms with Crippen LogP contribution < -0.4 is 0 Å². The monoisotopic (exact) mass is 515 g/mol. The van der Waals surface area contributed by atoms with Gasteiger partial charge in [0.15, 0.2) is 0 Å². The number of hydrogen-bond acceptors (Lipinski definition) is 1. The lowest BCUT2D eigenvalue weighted by molar-refractivity contribution is 0.561. The Bertz CT molecular complexity index is 698. The SMILES string of the molecule is Fc1cc(Br)cc(F)c1CBr.N#CCc1c(F)cc(Br)cc1F. The van der Waals surface area contributed by atoms with Crippen LogP contribution in [0.2, 0.25) is 0 Å². The van der Waals surface area contributed by atoms with Crippen molar-refractivity contribution in [3.8, 4) is 6.07 Å². The highest BCUT2D eigenvalue weighted by atomic mass is 79.9. The summed E-state index contributed by atoms with van der Waals surface area (Å²) in [5, 5.41) is 8.44. The number of nitriles is 1. The Morgan fingerprint density at radius 3 is 1.43 bits per heavy atom. The van der Waals surface area contributed by atoms with Crippen LogP contribution >= 0.6 is 47.8 Å². The topological polar surface area (TPSA) is 23.8 Å². The minimum atomic E-state index is -0.691. The van der Waals surface area contributed by atoms with Gasteiger partial charge in [0, 0.05) is 25.4 Å². The third-order valence-electron chi connectivity index (χ3n) is 2.60. The van der Waals surface area contributed by atoms with Gasteiger partial charge in [-0.15, -0.1) is 0 Å². The maximum Gasteiger partial charge on any atom is 0.131 e. The van der Waals surface area contributed by atoms with Crippen molar-refractivity contribution in [1.29, 1.82) is 5.26 Å². The molecule has 0 N–H and O–H groups in total. The summed E-state index contributed by atoms with van der Waals surface area (Å²) in [7, 11) is 0. The van der Waals surface area contributed by atoms with E-state index >= 15 is 0 Å². The molecule has 1 nitrogen and oxygen atoms in total. The van der Waals surface area contributed by atoms with Crippen molar-refractivity contribution in [2.75, 3.05) is 0 Å². The largest absolute Gasteiger partial charge is 0.207 e. The number of halogens is 7. The molecule has 23 heavy (non-hydrogen) atoms. The highest BCUT2D eigenvalue weighted by Crippen LogP contribution is 2.21. The summed E-state index contributed by atoms with van der Waals surface area (Å²) in [6, 6.07) is 6.43. The first-order valence-corrected chi connectivity index (χ1v) is 8.70. The molecule has 0 radical (unpaired) electrons. The molecule has 0 aliphatic rings. The van der Waals surface area contributed by atoms with E-state index in [1.54, 1.807) is 6.07 Å². The van der Waals surface area contributed by atoms with Crippen LogP contribution in [0.4, 0.5) is 17.6 Å². The molecule has 0 aliphatic carbocycles. The summed E-state index contributed by atoms with van der Waals surface area (Å²) in [4.78, 5) is 0. The van der Waals surface area contributed by atoms with Crippen molar-refractivity contribution in [2.45, 2.75) is 11.8 Å². The second-order valence-corrected chi connectivity index (χ2v) is 6.56. The van der Waals surface area contributed by atoms with E-state index in [4.69, 9.17) is 5.26 Å². The lowest BCUT2D eigenvalue weighted by Crippen LogP contribution is -1.93. The Hall–Kier alpha value is -0.910. The van der Waals surface area contributed by atoms with E-state index in [9.17, 15) is 17.6 Å². The molecule has 2 rings (SSSR count). The van der Waals surface area contributed by atoms with Crippen molar-refractivity contribution in [3.63, 3.8) is 0 Å². The summed E-state index contributed by atoms with van der Waals surface area (Å²) < 4.78 is 52.1. The highest BCUT2D eigenvalue weighted by Gasteiger charge is 2.09. The summed E-state index contributed by atoms with van der Waals surface area (Å²) in [6.45, 7) is 0. The second kappa shape index (κ2) is 9.40. The van der Waals surface area contributed by atoms with E-state index < -0.39 is 23.3 Å². The lowest BCUT2D eigenvalue weighted by Gasteiger charge is -2.00. The van der Waals surface area contributed by atoms with Gasteiger partial charge in [0.1, 0.15) is 23.3 Å². The second-order valence-electron chi connectivity index (χ2n) is 4.16. The first-order chi connectivity index (χ1) is 10.8. The first-order valence-electron chi connectivity index (χ1n) is 5.99. The van der Waals surface area contributed by atoms with E-state index in [0.717, 1.165) is 12.1 Å². The molecule has 0 atom stereocenters. The predicted octanol–water partition coefficient (Wildman–Crippen LogP) is 6.42. The molecule has 0 aromatic heterocycles. The zero-order valence-electron chi connectivity index (χ0n) is 11.3. The van der Waals surface area contributed by atoms with Crippen molar-refractivity contribution < 1.29 is 17.6 Å². The maximum atomic E-state index is 12.9. The maximum absolute atomic E-state index is 12.9. The Kier molecular flexibility index (Phi) is 8.23. The predicted molar refractivity (Wildman–Crippen MR) is 90.1 cm³/mol. The third-order valence-corrected chi connectivity index (χ3v) is 4.08. The lowest BCUT2D eigenvalue weighted by atomic mass is 10.1. The number of nitrogens with zero attached hydrogens (tertiary/aromatic N) is 1. The van der Waals surface area contributed by atoms with Crippen molar-refractivity contribution >= 4 is 47.8 Å². The fourth-order valence-corrected chi connectivity index (χ4v) is 2.86. The minimum Gasteiger partial charge on any atom is -0.207 e. The van der Waals surface area contributed by atoms with Crippen molar-refractivity contribution in [3.05, 3.63) is 67.6 Å². The highest BCUT2D eigenvalue weighted by molar-refractivity contribution is 9.10. The normalized spacial score (nSPS) is 9.83. The summed E-state index contributed by atoms with van der Waals surface area (Å²) >= 11 is 8.90. The van der Waals surface area contributed by atoms with Gasteiger partial charge in [-0.1, -0.05) is 47.8 Å². The molecule has 0 saturated heterocycles. The fraction of sp³-hybridized carbons (Fsp3) is 0.133. The Labute approximate surface area is 155 Å². The molecule has 0 spiro atoms. The van der Waals surface area contributed by atoms with Crippen LogP contribution in [-0.4, -0.2) is 0 Å². The van der Waals surface area contributed by atoms with Crippen LogP contribution in [0, 0.1) is 34.6 Å². The van der Waals surface area contributed by atoms with Gasteiger partial charge in [-0.3, -0.25) is 0 Å². The molecule has 0 saturated carbocycles. The van der Waals surface area contributed by atoms with Gasteiger partial charge in [-0.25, -0.2) is 17.6 Å². The average Bonchev–Trinajstić information content (AvgIpc) is 2.43. The van der Waals surface area contributed by atoms with Crippen molar-refractivity contribution in [2.24, 2.45) is 0 Å². The molecule has 0 aliphatic heterocycles. The van der Waals surface area contributed by atoms with Crippen LogP contribution in [0.1, 0.15) is 11.1 Å². The molecule has 2 aromatic rings. The molecule has 122 valence electrons. The quantitative estimate of drug-likeness (QED) is 0.333. The zero-order chi connectivity index (χ0) is 17.6. The van der Waals surface area contributed by atoms with E-state index in [0.29, 0.717) is 8.95 Å². The van der Waals surface area contributed by atoms with Gasteiger partial charge in [0.05, 0.1) is 12.5 Å². The first kappa shape index (κ1) is 20.1. The fourth-order valence-electron chi connectivity index (χ4n) is 1.52. The van der Waals surface area contributed by atoms with Crippen LogP contribution in [0.15, 0.2) is 33.2 Å². The Morgan fingerprint density at radius 2 is 1.13 bits per heavy atom. The van der Waals surface area contributed by atoms with Crippen LogP contribution in [-0.2, 0) is 11.8 Å². The number of hydrogen-bond donors (Lipinski definition) is 0. The smallest absolute Gasteiger partial charge is 0.131 e. The standard InChI is InChI=1S/C8H4BrF2N.C7H4Br2F2/c9-5-3-7(10)6(1-2-12)8(11)4-5;8-3-5-6(10)1-4(9)2-7(5)11/h3-4H,1H2;1-2H,3H2. The number of alkyl halides is 1. The molecule has 8 heteroatoms. The third kappa shape index (κ3) is 5.90. The molecular formula is C15H8Br3F4N. The molecule has 2 aromatic carbocycles. The van der Waals surface area contributed by atoms with Crippen LogP contribution in [0.3, 0.4) is 0 Å². The van der Waals surface area contributed by atoms with Gasteiger partial charge < -0.3 is 0 Å². The summed E-state index contributed by atoms with van der Waals surface area (Å²) in [5.41, 5.74) is -0.117. The number of benzene rings is 2. The zero-order valence-corrected chi connectivity index (χ0v) is 16.1. The molecule has 0 amide bonds. The molecule has 0 fully saturated rings. The van der Waals surface area contributed by atoms with E-state index in [1.165, 1.54) is 12.1 Å². The van der Waals surface area contributed by atoms with Crippen LogP contribution in [0.25, 0.3) is 0 Å². The van der Waals surface area contributed by atoms with Crippen LogP contribution in [0.5, 0.6) is 0 Å². The van der Waals surface area contributed by atoms with Gasteiger partial charge in [0.25, 0.3) is 0 Å². The van der Waals surface area contributed by atoms with E-state index in [-0.39, 0.29) is 22.9 Å². The molecule has 0 bridgehead atoms. The van der Waals surface area contributed by atoms with Gasteiger partial charge in [-0.05, 0) is 24.3 Å². The summed E-state index contributed by atoms with van der Waals surface area (Å²) in [5.74, 6) is -2.45.